The van der Waals surface area contributed by atoms with Gasteiger partial charge in [-0.15, -0.1) is 0 Å². The van der Waals surface area contributed by atoms with Gasteiger partial charge in [0.2, 0.25) is 0 Å². The maximum atomic E-state index is 12.9. The van der Waals surface area contributed by atoms with Crippen molar-refractivity contribution in [2.75, 3.05) is 11.4 Å². The maximum absolute atomic E-state index is 12.9. The van der Waals surface area contributed by atoms with E-state index < -0.39 is 0 Å². The smallest absolute Gasteiger partial charge is 0.123 e. The third kappa shape index (κ3) is 2.30. The topological polar surface area (TPSA) is 39.9 Å². The van der Waals surface area contributed by atoms with Gasteiger partial charge in [-0.2, -0.15) is 5.26 Å². The zero-order valence-corrected chi connectivity index (χ0v) is 9.97. The fraction of sp³-hybridized carbons (Fsp3) is 0.143. The number of hydrogen-bond donors (Lipinski definition) is 0. The van der Waals surface area contributed by atoms with Crippen molar-refractivity contribution in [1.29, 1.82) is 5.26 Å². The molecule has 1 aromatic heterocycles. The predicted octanol–water partition coefficient (Wildman–Crippen LogP) is 3.25. The molecule has 0 aliphatic rings. The molecule has 0 spiro atoms. The number of nitriles is 1. The summed E-state index contributed by atoms with van der Waals surface area (Å²) in [5.41, 5.74) is 2.12. The summed E-state index contributed by atoms with van der Waals surface area (Å²) in [6.45, 7) is 2.64. The highest BCUT2D eigenvalue weighted by atomic mass is 19.1. The zero-order valence-electron chi connectivity index (χ0n) is 9.97. The van der Waals surface area contributed by atoms with Gasteiger partial charge in [-0.25, -0.2) is 4.39 Å². The quantitative estimate of drug-likeness (QED) is 0.828. The summed E-state index contributed by atoms with van der Waals surface area (Å²) in [6.07, 6.45) is 3.23. The first-order chi connectivity index (χ1) is 8.76. The van der Waals surface area contributed by atoms with E-state index in [2.05, 4.69) is 11.1 Å². The number of halogens is 1. The molecule has 1 heterocycles. The molecule has 2 rings (SSSR count). The van der Waals surface area contributed by atoms with Gasteiger partial charge in [0.25, 0.3) is 0 Å². The fourth-order valence-corrected chi connectivity index (χ4v) is 1.81. The Bertz CT molecular complexity index is 572. The molecule has 0 saturated heterocycles. The number of hydrogen-bond acceptors (Lipinski definition) is 3. The zero-order chi connectivity index (χ0) is 13.0. The summed E-state index contributed by atoms with van der Waals surface area (Å²) in [4.78, 5) is 5.96. The van der Waals surface area contributed by atoms with Gasteiger partial charge in [-0.3, -0.25) is 4.98 Å². The summed E-state index contributed by atoms with van der Waals surface area (Å²) in [6, 6.07) is 9.99. The Hall–Kier alpha value is -2.41. The van der Waals surface area contributed by atoms with Crippen LogP contribution in [0.5, 0.6) is 0 Å². The van der Waals surface area contributed by atoms with E-state index in [-0.39, 0.29) is 5.82 Å². The molecule has 0 amide bonds. The Morgan fingerprint density at radius 3 is 2.61 bits per heavy atom. The Kier molecular flexibility index (Phi) is 3.54. The maximum Gasteiger partial charge on any atom is 0.123 e. The van der Waals surface area contributed by atoms with Crippen molar-refractivity contribution >= 4 is 11.4 Å². The Morgan fingerprint density at radius 2 is 2.00 bits per heavy atom. The number of aromatic nitrogens is 1. The Labute approximate surface area is 105 Å². The molecule has 1 aromatic carbocycles. The number of pyridine rings is 1. The number of benzene rings is 1. The molecule has 18 heavy (non-hydrogen) atoms. The minimum atomic E-state index is -0.276. The van der Waals surface area contributed by atoms with Crippen LogP contribution in [0.1, 0.15) is 12.5 Å². The second-order valence-electron chi connectivity index (χ2n) is 3.73. The summed E-state index contributed by atoms with van der Waals surface area (Å²) in [5, 5.41) is 9.09. The van der Waals surface area contributed by atoms with Crippen LogP contribution in [0.25, 0.3) is 0 Å². The van der Waals surface area contributed by atoms with Gasteiger partial charge in [0, 0.05) is 18.4 Å². The molecule has 4 heteroatoms. The number of nitrogens with zero attached hydrogens (tertiary/aromatic N) is 3. The van der Waals surface area contributed by atoms with Gasteiger partial charge < -0.3 is 4.90 Å². The van der Waals surface area contributed by atoms with Crippen molar-refractivity contribution in [3.63, 3.8) is 0 Å². The van der Waals surface area contributed by atoms with Crippen LogP contribution in [0.4, 0.5) is 15.8 Å². The summed E-state index contributed by atoms with van der Waals surface area (Å²) >= 11 is 0. The monoisotopic (exact) mass is 241 g/mol. The van der Waals surface area contributed by atoms with Crippen LogP contribution in [-0.2, 0) is 0 Å². The highest BCUT2D eigenvalue weighted by molar-refractivity contribution is 5.68. The molecule has 0 atom stereocenters. The molecular weight excluding hydrogens is 229 g/mol. The van der Waals surface area contributed by atoms with Gasteiger partial charge in [0.1, 0.15) is 11.9 Å². The van der Waals surface area contributed by atoms with Gasteiger partial charge in [0.05, 0.1) is 17.4 Å². The van der Waals surface area contributed by atoms with Crippen LogP contribution >= 0.6 is 0 Å². The average molecular weight is 241 g/mol. The molecule has 0 saturated carbocycles. The summed E-state index contributed by atoms with van der Waals surface area (Å²) < 4.78 is 12.9. The lowest BCUT2D eigenvalue weighted by molar-refractivity contribution is 0.628. The summed E-state index contributed by atoms with van der Waals surface area (Å²) in [7, 11) is 0. The van der Waals surface area contributed by atoms with Crippen molar-refractivity contribution in [2.45, 2.75) is 6.92 Å². The first-order valence-electron chi connectivity index (χ1n) is 5.63. The van der Waals surface area contributed by atoms with E-state index >= 15 is 0 Å². The Balaban J connectivity index is 2.46. The van der Waals surface area contributed by atoms with Crippen molar-refractivity contribution in [2.24, 2.45) is 0 Å². The van der Waals surface area contributed by atoms with Crippen molar-refractivity contribution in [3.8, 4) is 6.07 Å². The minimum Gasteiger partial charge on any atom is -0.339 e. The van der Waals surface area contributed by atoms with E-state index in [9.17, 15) is 4.39 Å². The fourth-order valence-electron chi connectivity index (χ4n) is 1.81. The molecule has 0 unspecified atom stereocenters. The van der Waals surface area contributed by atoms with E-state index in [1.54, 1.807) is 30.6 Å². The number of anilines is 2. The van der Waals surface area contributed by atoms with Crippen LogP contribution in [-0.4, -0.2) is 11.5 Å². The van der Waals surface area contributed by atoms with Crippen LogP contribution in [0.3, 0.4) is 0 Å². The average Bonchev–Trinajstić information content (AvgIpc) is 2.42. The second-order valence-corrected chi connectivity index (χ2v) is 3.73. The number of rotatable bonds is 3. The third-order valence-corrected chi connectivity index (χ3v) is 2.67. The lowest BCUT2D eigenvalue weighted by Crippen LogP contribution is -2.17. The van der Waals surface area contributed by atoms with E-state index in [0.29, 0.717) is 12.1 Å². The predicted molar refractivity (Wildman–Crippen MR) is 68.0 cm³/mol. The van der Waals surface area contributed by atoms with Crippen LogP contribution in [0, 0.1) is 17.1 Å². The molecule has 0 N–H and O–H groups in total. The van der Waals surface area contributed by atoms with E-state index in [1.807, 2.05) is 11.8 Å². The molecule has 0 aliphatic carbocycles. The lowest BCUT2D eigenvalue weighted by Gasteiger charge is -2.23. The highest BCUT2D eigenvalue weighted by Crippen LogP contribution is 2.27. The van der Waals surface area contributed by atoms with Crippen molar-refractivity contribution < 1.29 is 4.39 Å². The summed E-state index contributed by atoms with van der Waals surface area (Å²) in [5.74, 6) is -0.276. The molecule has 90 valence electrons. The van der Waals surface area contributed by atoms with Crippen LogP contribution in [0.15, 0.2) is 42.7 Å². The molecule has 0 aliphatic heterocycles. The molecule has 0 radical (unpaired) electrons. The molecule has 0 fully saturated rings. The van der Waals surface area contributed by atoms with E-state index in [0.717, 1.165) is 11.4 Å². The molecule has 3 nitrogen and oxygen atoms in total. The largest absolute Gasteiger partial charge is 0.339 e. The van der Waals surface area contributed by atoms with E-state index in [4.69, 9.17) is 5.26 Å². The SMILES string of the molecule is CCN(c1ccc(F)cc1)c1cnccc1C#N. The Morgan fingerprint density at radius 1 is 1.28 bits per heavy atom. The van der Waals surface area contributed by atoms with Crippen molar-refractivity contribution in [3.05, 3.63) is 54.1 Å². The third-order valence-electron chi connectivity index (χ3n) is 2.67. The highest BCUT2D eigenvalue weighted by Gasteiger charge is 2.11. The second kappa shape index (κ2) is 5.28. The van der Waals surface area contributed by atoms with Gasteiger partial charge in [-0.1, -0.05) is 0 Å². The molecule has 2 aromatic rings. The first kappa shape index (κ1) is 12.1. The minimum absolute atomic E-state index is 0.276. The van der Waals surface area contributed by atoms with Gasteiger partial charge in [-0.05, 0) is 37.3 Å². The van der Waals surface area contributed by atoms with Crippen molar-refractivity contribution in [1.82, 2.24) is 4.98 Å². The van der Waals surface area contributed by atoms with Gasteiger partial charge in [0.15, 0.2) is 0 Å². The molecular formula is C14H12FN3. The molecule has 0 bridgehead atoms. The normalized spacial score (nSPS) is 9.83. The van der Waals surface area contributed by atoms with Gasteiger partial charge >= 0.3 is 0 Å². The first-order valence-corrected chi connectivity index (χ1v) is 5.63. The van der Waals surface area contributed by atoms with Crippen LogP contribution < -0.4 is 4.90 Å². The lowest BCUT2D eigenvalue weighted by atomic mass is 10.2. The van der Waals surface area contributed by atoms with Crippen LogP contribution in [0.2, 0.25) is 0 Å². The standard InChI is InChI=1S/C14H12FN3/c1-2-18(13-5-3-12(15)4-6-13)14-10-17-8-7-11(14)9-16/h3-8,10H,2H2,1H3. The van der Waals surface area contributed by atoms with E-state index in [1.165, 1.54) is 12.1 Å².